The van der Waals surface area contributed by atoms with Gasteiger partial charge in [0.2, 0.25) is 0 Å². The lowest BCUT2D eigenvalue weighted by Gasteiger charge is -2.18. The van der Waals surface area contributed by atoms with E-state index in [4.69, 9.17) is 10.5 Å². The van der Waals surface area contributed by atoms with Crippen LogP contribution in [-0.4, -0.2) is 51.5 Å². The minimum Gasteiger partial charge on any atom is -0.507 e. The van der Waals surface area contributed by atoms with Crippen LogP contribution in [0.5, 0.6) is 11.5 Å². The van der Waals surface area contributed by atoms with Crippen LogP contribution in [0.15, 0.2) is 41.5 Å². The van der Waals surface area contributed by atoms with Gasteiger partial charge in [0.25, 0.3) is 5.56 Å². The van der Waals surface area contributed by atoms with Crippen LogP contribution in [0.3, 0.4) is 0 Å². The Labute approximate surface area is 193 Å². The molecule has 1 aromatic carbocycles. The maximum atomic E-state index is 11.2. The molecule has 0 amide bonds. The predicted molar refractivity (Wildman–Crippen MR) is 129 cm³/mol. The number of piperidine rings is 1. The van der Waals surface area contributed by atoms with E-state index < -0.39 is 0 Å². The fraction of sp³-hybridized carbons (Fsp3) is 0.435. The van der Waals surface area contributed by atoms with Gasteiger partial charge in [-0.15, -0.1) is 0 Å². The van der Waals surface area contributed by atoms with Crippen LogP contribution in [0.1, 0.15) is 38.5 Å². The number of hydrogen-bond acceptors (Lipinski definition) is 8. The summed E-state index contributed by atoms with van der Waals surface area (Å²) in [6.45, 7) is 2.50. The molecule has 3 aromatic rings. The van der Waals surface area contributed by atoms with Crippen molar-refractivity contribution >= 4 is 11.6 Å². The molecule has 10 heteroatoms. The lowest BCUT2D eigenvalue weighted by molar-refractivity contribution is 0.410. The summed E-state index contributed by atoms with van der Waals surface area (Å²) in [5.74, 6) is 1.47. The highest BCUT2D eigenvalue weighted by Gasteiger charge is 2.14. The molecule has 1 saturated carbocycles. The number of hydrogen-bond donors (Lipinski definition) is 6. The highest BCUT2D eigenvalue weighted by molar-refractivity contribution is 5.75. The number of anilines is 2. The van der Waals surface area contributed by atoms with Gasteiger partial charge in [-0.1, -0.05) is 18.9 Å². The SMILES string of the molecule is C1CCNCC1.COc1cccc(O)c1-c1cc(Nc2cncc(=O)[nH]2)n[nH]1.NC1CCC1. The zero-order valence-corrected chi connectivity index (χ0v) is 18.9. The summed E-state index contributed by atoms with van der Waals surface area (Å²) >= 11 is 0. The second kappa shape index (κ2) is 12.6. The van der Waals surface area contributed by atoms with E-state index in [0.717, 1.165) is 0 Å². The van der Waals surface area contributed by atoms with Crippen molar-refractivity contribution in [1.82, 2.24) is 25.5 Å². The number of phenols is 1. The van der Waals surface area contributed by atoms with Crippen molar-refractivity contribution in [1.29, 1.82) is 0 Å². The normalized spacial score (nSPS) is 15.2. The predicted octanol–water partition coefficient (Wildman–Crippen LogP) is 2.88. The second-order valence-electron chi connectivity index (χ2n) is 7.96. The Morgan fingerprint density at radius 1 is 1.15 bits per heavy atom. The molecule has 2 aromatic heterocycles. The average molecular weight is 456 g/mol. The van der Waals surface area contributed by atoms with Crippen LogP contribution < -0.4 is 26.7 Å². The van der Waals surface area contributed by atoms with Crippen molar-refractivity contribution in [3.8, 4) is 22.8 Å². The number of H-pyrrole nitrogens is 2. The molecule has 0 radical (unpaired) electrons. The molecule has 2 aliphatic rings. The first-order chi connectivity index (χ1) is 16.1. The van der Waals surface area contributed by atoms with Gasteiger partial charge in [-0.2, -0.15) is 5.10 Å². The van der Waals surface area contributed by atoms with E-state index in [0.29, 0.717) is 34.7 Å². The van der Waals surface area contributed by atoms with Gasteiger partial charge in [0.05, 0.1) is 30.8 Å². The molecular formula is C23H33N7O3. The summed E-state index contributed by atoms with van der Waals surface area (Å²) in [6.07, 6.45) is 10.7. The lowest BCUT2D eigenvalue weighted by atomic mass is 9.95. The monoisotopic (exact) mass is 455 g/mol. The summed E-state index contributed by atoms with van der Waals surface area (Å²) in [5, 5.41) is 23.1. The summed E-state index contributed by atoms with van der Waals surface area (Å²) in [6, 6.07) is 7.23. The number of nitrogens with two attached hydrogens (primary N) is 1. The van der Waals surface area contributed by atoms with Crippen molar-refractivity contribution in [3.63, 3.8) is 0 Å². The second-order valence-corrected chi connectivity index (χ2v) is 7.96. The lowest BCUT2D eigenvalue weighted by Crippen LogP contribution is -2.27. The Hall–Kier alpha value is -3.37. The van der Waals surface area contributed by atoms with E-state index >= 15 is 0 Å². The smallest absolute Gasteiger partial charge is 0.267 e. The number of ether oxygens (including phenoxy) is 1. The number of rotatable bonds is 4. The number of aromatic hydroxyl groups is 1. The fourth-order valence-corrected chi connectivity index (χ4v) is 3.29. The maximum Gasteiger partial charge on any atom is 0.267 e. The summed E-state index contributed by atoms with van der Waals surface area (Å²) in [4.78, 5) is 17.6. The van der Waals surface area contributed by atoms with Crippen molar-refractivity contribution in [2.24, 2.45) is 5.73 Å². The number of methoxy groups -OCH3 is 1. The fourth-order valence-electron chi connectivity index (χ4n) is 3.29. The Bertz CT molecular complexity index is 1030. The van der Waals surface area contributed by atoms with Crippen LogP contribution in [0.2, 0.25) is 0 Å². The third-order valence-electron chi connectivity index (χ3n) is 5.34. The summed E-state index contributed by atoms with van der Waals surface area (Å²) in [5.41, 5.74) is 6.14. The quantitative estimate of drug-likeness (QED) is 0.351. The topological polar surface area (TPSA) is 154 Å². The molecule has 178 valence electrons. The molecular weight excluding hydrogens is 422 g/mol. The van der Waals surface area contributed by atoms with Crippen LogP contribution >= 0.6 is 0 Å². The number of nitrogens with zero attached hydrogens (tertiary/aromatic N) is 2. The van der Waals surface area contributed by atoms with Crippen molar-refractivity contribution in [2.45, 2.75) is 44.6 Å². The summed E-state index contributed by atoms with van der Waals surface area (Å²) < 4.78 is 5.24. The Balaban J connectivity index is 0.000000226. The van der Waals surface area contributed by atoms with Gasteiger partial charge in [0.15, 0.2) is 5.82 Å². The number of phenolic OH excluding ortho intramolecular Hbond substituents is 1. The zero-order chi connectivity index (χ0) is 23.5. The Morgan fingerprint density at radius 3 is 2.45 bits per heavy atom. The largest absolute Gasteiger partial charge is 0.507 e. The third kappa shape index (κ3) is 7.62. The first-order valence-corrected chi connectivity index (χ1v) is 11.3. The van der Waals surface area contributed by atoms with Gasteiger partial charge >= 0.3 is 0 Å². The minimum absolute atomic E-state index is 0.0735. The third-order valence-corrected chi connectivity index (χ3v) is 5.34. The van der Waals surface area contributed by atoms with E-state index in [-0.39, 0.29) is 11.3 Å². The Morgan fingerprint density at radius 2 is 1.91 bits per heavy atom. The van der Waals surface area contributed by atoms with Gasteiger partial charge in [-0.3, -0.25) is 14.9 Å². The van der Waals surface area contributed by atoms with Crippen molar-refractivity contribution < 1.29 is 9.84 Å². The van der Waals surface area contributed by atoms with Crippen molar-refractivity contribution in [2.75, 3.05) is 25.5 Å². The van der Waals surface area contributed by atoms with Gasteiger partial charge in [-0.25, -0.2) is 0 Å². The molecule has 10 nitrogen and oxygen atoms in total. The molecule has 3 heterocycles. The molecule has 0 spiro atoms. The highest BCUT2D eigenvalue weighted by Crippen LogP contribution is 2.37. The molecule has 0 atom stereocenters. The van der Waals surface area contributed by atoms with E-state index in [1.54, 1.807) is 24.3 Å². The number of nitrogens with one attached hydrogen (secondary N) is 4. The zero-order valence-electron chi connectivity index (χ0n) is 18.9. The molecule has 7 N–H and O–H groups in total. The molecule has 0 unspecified atom stereocenters. The molecule has 0 bridgehead atoms. The molecule has 5 rings (SSSR count). The van der Waals surface area contributed by atoms with E-state index in [1.165, 1.54) is 71.1 Å². The van der Waals surface area contributed by atoms with Gasteiger partial charge in [0, 0.05) is 12.1 Å². The minimum atomic E-state index is -0.317. The van der Waals surface area contributed by atoms with Gasteiger partial charge in [0.1, 0.15) is 17.3 Å². The standard InChI is InChI=1S/C14H13N5O3.C5H11N.C4H9N/c1-22-10-4-2-3-9(20)14(10)8-5-11(19-18-8)16-12-6-15-7-13(21)17-12;1-2-4-6-5-3-1;5-4-2-1-3-4/h2-7,20H,1H3,(H3,16,17,18,19,21);6H,1-5H2;4H,1-3,5H2. The first-order valence-electron chi connectivity index (χ1n) is 11.3. The maximum absolute atomic E-state index is 11.2. The van der Waals surface area contributed by atoms with Crippen LogP contribution in [0, 0.1) is 0 Å². The molecule has 1 saturated heterocycles. The van der Waals surface area contributed by atoms with Crippen LogP contribution in [0.4, 0.5) is 11.6 Å². The molecule has 33 heavy (non-hydrogen) atoms. The van der Waals surface area contributed by atoms with E-state index in [2.05, 4.69) is 30.8 Å². The van der Waals surface area contributed by atoms with Crippen LogP contribution in [0.25, 0.3) is 11.3 Å². The number of benzene rings is 1. The van der Waals surface area contributed by atoms with Crippen LogP contribution in [-0.2, 0) is 0 Å². The molecule has 1 aliphatic carbocycles. The van der Waals surface area contributed by atoms with Gasteiger partial charge in [-0.05, 0) is 50.9 Å². The number of aromatic amines is 2. The van der Waals surface area contributed by atoms with Gasteiger partial charge < -0.3 is 31.2 Å². The Kier molecular flexibility index (Phi) is 9.28. The van der Waals surface area contributed by atoms with Crippen molar-refractivity contribution in [3.05, 3.63) is 47.0 Å². The van der Waals surface area contributed by atoms with E-state index in [9.17, 15) is 9.90 Å². The molecule has 2 fully saturated rings. The molecule has 1 aliphatic heterocycles. The number of aromatic nitrogens is 4. The highest BCUT2D eigenvalue weighted by atomic mass is 16.5. The van der Waals surface area contributed by atoms with E-state index in [1.807, 2.05) is 0 Å². The first kappa shape index (κ1) is 24.3. The average Bonchev–Trinajstić information content (AvgIpc) is 3.27. The summed E-state index contributed by atoms with van der Waals surface area (Å²) in [7, 11) is 1.52.